The predicted octanol–water partition coefficient (Wildman–Crippen LogP) is 3.25. The highest BCUT2D eigenvalue weighted by atomic mass is 35.5. The Morgan fingerprint density at radius 1 is 0.857 bits per heavy atom. The summed E-state index contributed by atoms with van der Waals surface area (Å²) in [6.07, 6.45) is 6.20. The molecule has 0 unspecified atom stereocenters. The van der Waals surface area contributed by atoms with E-state index in [4.69, 9.17) is 27.3 Å². The Morgan fingerprint density at radius 2 is 1.59 bits per heavy atom. The Bertz CT molecular complexity index is 2110. The van der Waals surface area contributed by atoms with E-state index in [1.54, 1.807) is 30.3 Å². The largest absolute Gasteiger partial charge is 0.490 e. The number of carbonyl (C=O) groups is 5. The van der Waals surface area contributed by atoms with Crippen molar-refractivity contribution in [1.82, 2.24) is 24.7 Å². The zero-order valence-corrected chi connectivity index (χ0v) is 31.6. The predicted molar refractivity (Wildman–Crippen MR) is 204 cm³/mol. The summed E-state index contributed by atoms with van der Waals surface area (Å²) in [5.74, 6) is -0.754. The van der Waals surface area contributed by atoms with Crippen molar-refractivity contribution in [2.24, 2.45) is 11.7 Å². The lowest BCUT2D eigenvalue weighted by Gasteiger charge is -2.41. The van der Waals surface area contributed by atoms with Gasteiger partial charge in [0.1, 0.15) is 17.9 Å². The summed E-state index contributed by atoms with van der Waals surface area (Å²) in [5.41, 5.74) is 7.37. The highest BCUT2D eigenvalue weighted by Gasteiger charge is 2.49. The lowest BCUT2D eigenvalue weighted by molar-refractivity contribution is -0.155. The first-order valence-electron chi connectivity index (χ1n) is 19.2. The molecule has 0 spiro atoms. The zero-order valence-electron chi connectivity index (χ0n) is 30.8. The van der Waals surface area contributed by atoms with Crippen molar-refractivity contribution in [3.8, 4) is 11.8 Å². The minimum Gasteiger partial charge on any atom is -0.490 e. The monoisotopic (exact) mass is 779 g/mol. The van der Waals surface area contributed by atoms with Gasteiger partial charge in [-0.25, -0.2) is 9.97 Å². The highest BCUT2D eigenvalue weighted by molar-refractivity contribution is 6.31. The number of rotatable bonds is 9. The lowest BCUT2D eigenvalue weighted by Crippen LogP contribution is -2.59. The summed E-state index contributed by atoms with van der Waals surface area (Å²) in [6.45, 7) is 5.80. The minimum atomic E-state index is -1.05. The Hall–Kier alpha value is -5.59. The van der Waals surface area contributed by atoms with Crippen LogP contribution >= 0.6 is 11.6 Å². The molecule has 1 saturated carbocycles. The molecule has 1 aromatic heterocycles. The Morgan fingerprint density at radius 3 is 2.29 bits per heavy atom. The maximum absolute atomic E-state index is 14.0. The van der Waals surface area contributed by atoms with E-state index in [9.17, 15) is 24.0 Å². The Kier molecular flexibility index (Phi) is 10.3. The van der Waals surface area contributed by atoms with E-state index < -0.39 is 29.7 Å². The van der Waals surface area contributed by atoms with E-state index in [1.807, 2.05) is 12.1 Å². The van der Waals surface area contributed by atoms with Crippen molar-refractivity contribution in [1.29, 1.82) is 5.26 Å². The number of nitrogens with zero attached hydrogens (tertiary/aromatic N) is 8. The van der Waals surface area contributed by atoms with E-state index in [-0.39, 0.29) is 47.6 Å². The Balaban J connectivity index is 0.851. The lowest BCUT2D eigenvalue weighted by atomic mass is 9.89. The number of anilines is 2. The SMILES string of the molecule is N#Cc1ccc(OC2CCC(N3C(=O)CC[C@H](N4C(=O)c5ccc(N6CCN(C[C@@H]7CCN(c8ncc(C(N)=O)cn8)C7)CC6)cc5C4=O)C3=O)CC2)cc1Cl. The number of piperazine rings is 1. The Labute approximate surface area is 328 Å². The number of hydrogen-bond donors (Lipinski definition) is 1. The molecule has 56 heavy (non-hydrogen) atoms. The first-order valence-corrected chi connectivity index (χ1v) is 19.5. The van der Waals surface area contributed by atoms with Crippen LogP contribution in [0.25, 0.3) is 0 Å². The molecule has 8 rings (SSSR count). The van der Waals surface area contributed by atoms with Crippen LogP contribution in [0, 0.1) is 17.2 Å². The molecule has 0 bridgehead atoms. The van der Waals surface area contributed by atoms with Gasteiger partial charge >= 0.3 is 0 Å². The standard InChI is InChI=1S/C40H42ClN9O6/c41-33-18-30(5-1-25(33)19-42)56-29-6-2-27(3-7-29)49-35(51)10-9-34(39(49)55)50-37(53)31-8-4-28(17-32(31)38(50)54)47-15-13-46(14-16-47)22-24-11-12-48(23-24)40-44-20-26(21-45-40)36(43)52/h1,4-5,8,17-18,20-21,24,27,29,34H,2-3,6-7,9-16,22-23H2,(H2,43,52)/t24-,27?,29?,34-/m0/s1. The van der Waals surface area contributed by atoms with Crippen LogP contribution in [0.15, 0.2) is 48.8 Å². The van der Waals surface area contributed by atoms with Crippen LogP contribution in [-0.2, 0) is 9.59 Å². The molecule has 2 aromatic carbocycles. The van der Waals surface area contributed by atoms with Crippen molar-refractivity contribution >= 4 is 52.8 Å². The molecule has 5 amide bonds. The molecule has 290 valence electrons. The fraction of sp³-hybridized carbons (Fsp3) is 0.450. The summed E-state index contributed by atoms with van der Waals surface area (Å²) in [4.78, 5) is 83.9. The molecule has 16 heteroatoms. The third-order valence-electron chi connectivity index (χ3n) is 11.8. The maximum Gasteiger partial charge on any atom is 0.262 e. The number of carbonyl (C=O) groups excluding carboxylic acids is 5. The second-order valence-electron chi connectivity index (χ2n) is 15.2. The van der Waals surface area contributed by atoms with E-state index in [0.717, 1.165) is 62.8 Å². The molecular formula is C40H42ClN9O6. The summed E-state index contributed by atoms with van der Waals surface area (Å²) in [7, 11) is 0. The van der Waals surface area contributed by atoms with Gasteiger partial charge in [0.2, 0.25) is 11.9 Å². The number of imide groups is 2. The van der Waals surface area contributed by atoms with E-state index >= 15 is 0 Å². The molecule has 5 heterocycles. The van der Waals surface area contributed by atoms with Crippen molar-refractivity contribution in [2.75, 3.05) is 55.6 Å². The van der Waals surface area contributed by atoms with E-state index in [2.05, 4.69) is 24.7 Å². The van der Waals surface area contributed by atoms with E-state index in [0.29, 0.717) is 53.9 Å². The van der Waals surface area contributed by atoms with Gasteiger partial charge < -0.3 is 20.3 Å². The average molecular weight is 780 g/mol. The van der Waals surface area contributed by atoms with Gasteiger partial charge in [0.15, 0.2) is 0 Å². The van der Waals surface area contributed by atoms with Crippen LogP contribution in [0.4, 0.5) is 11.6 Å². The summed E-state index contributed by atoms with van der Waals surface area (Å²) < 4.78 is 6.10. The number of hydrogen-bond acceptors (Lipinski definition) is 12. The van der Waals surface area contributed by atoms with Crippen LogP contribution in [0.3, 0.4) is 0 Å². The fourth-order valence-electron chi connectivity index (χ4n) is 8.74. The summed E-state index contributed by atoms with van der Waals surface area (Å²) in [6, 6.07) is 10.9. The zero-order chi connectivity index (χ0) is 39.1. The number of nitrogens with two attached hydrogens (primary N) is 1. The molecule has 0 radical (unpaired) electrons. The highest BCUT2D eigenvalue weighted by Crippen LogP contribution is 2.35. The van der Waals surface area contributed by atoms with Gasteiger partial charge in [0, 0.05) is 82.4 Å². The third-order valence-corrected chi connectivity index (χ3v) is 12.1. The summed E-state index contributed by atoms with van der Waals surface area (Å²) >= 11 is 6.17. The number of primary amides is 1. The number of halogens is 1. The first-order chi connectivity index (χ1) is 27.1. The number of benzene rings is 2. The minimum absolute atomic E-state index is 0.0657. The van der Waals surface area contributed by atoms with Gasteiger partial charge in [-0.1, -0.05) is 11.6 Å². The number of piperidine rings is 1. The molecular weight excluding hydrogens is 738 g/mol. The second kappa shape index (κ2) is 15.5. The number of fused-ring (bicyclic) bond motifs is 1. The molecule has 1 aliphatic carbocycles. The van der Waals surface area contributed by atoms with Gasteiger partial charge in [-0.05, 0) is 74.8 Å². The van der Waals surface area contributed by atoms with Crippen molar-refractivity contribution < 1.29 is 28.7 Å². The molecule has 3 saturated heterocycles. The van der Waals surface area contributed by atoms with Crippen LogP contribution < -0.4 is 20.3 Å². The smallest absolute Gasteiger partial charge is 0.262 e. The van der Waals surface area contributed by atoms with Gasteiger partial charge in [-0.2, -0.15) is 5.26 Å². The molecule has 5 aliphatic rings. The number of ether oxygens (including phenoxy) is 1. The van der Waals surface area contributed by atoms with Crippen molar-refractivity contribution in [3.63, 3.8) is 0 Å². The molecule has 4 aliphatic heterocycles. The second-order valence-corrected chi connectivity index (χ2v) is 15.6. The van der Waals surface area contributed by atoms with E-state index in [1.165, 1.54) is 17.3 Å². The normalized spacial score (nSPS) is 24.4. The van der Waals surface area contributed by atoms with Gasteiger partial charge in [0.05, 0.1) is 33.4 Å². The molecule has 3 aromatic rings. The number of nitriles is 1. The quantitative estimate of drug-likeness (QED) is 0.313. The van der Waals surface area contributed by atoms with Crippen LogP contribution in [0.2, 0.25) is 5.02 Å². The third kappa shape index (κ3) is 7.26. The average Bonchev–Trinajstić information content (AvgIpc) is 3.77. The van der Waals surface area contributed by atoms with Crippen LogP contribution in [0.5, 0.6) is 5.75 Å². The molecule has 2 N–H and O–H groups in total. The van der Waals surface area contributed by atoms with Crippen molar-refractivity contribution in [3.05, 3.63) is 76.1 Å². The number of amides is 5. The molecule has 15 nitrogen and oxygen atoms in total. The fourth-order valence-corrected chi connectivity index (χ4v) is 8.95. The van der Waals surface area contributed by atoms with Crippen LogP contribution in [0.1, 0.15) is 81.6 Å². The number of aromatic nitrogens is 2. The number of likely N-dealkylation sites (tertiary alicyclic amines) is 1. The van der Waals surface area contributed by atoms with Gasteiger partial charge in [0.25, 0.3) is 23.6 Å². The maximum atomic E-state index is 14.0. The molecule has 2 atom stereocenters. The van der Waals surface area contributed by atoms with Gasteiger partial charge in [-0.3, -0.25) is 38.7 Å². The summed E-state index contributed by atoms with van der Waals surface area (Å²) in [5, 5.41) is 9.45. The van der Waals surface area contributed by atoms with Crippen LogP contribution in [-0.4, -0.2) is 118 Å². The first kappa shape index (κ1) is 37.3. The topological polar surface area (TPSA) is 186 Å². The van der Waals surface area contributed by atoms with Crippen molar-refractivity contribution in [2.45, 2.75) is 63.1 Å². The molecule has 4 fully saturated rings. The van der Waals surface area contributed by atoms with Gasteiger partial charge in [-0.15, -0.1) is 0 Å².